The fraction of sp³-hybridized carbons (Fsp3) is 0.500. The van der Waals surface area contributed by atoms with Gasteiger partial charge < -0.3 is 31.5 Å². The van der Waals surface area contributed by atoms with Crippen molar-refractivity contribution in [3.05, 3.63) is 6.20 Å². The summed E-state index contributed by atoms with van der Waals surface area (Å²) in [5.41, 5.74) is 11.9. The molecule has 4 atom stereocenters. The molecule has 2 aromatic heterocycles. The number of aliphatic hydroxyl groups excluding tert-OH is 3. The summed E-state index contributed by atoms with van der Waals surface area (Å²) in [6.07, 6.45) is -2.97. The first kappa shape index (κ1) is 13.0. The van der Waals surface area contributed by atoms with Gasteiger partial charge in [-0.1, -0.05) is 0 Å². The van der Waals surface area contributed by atoms with Gasteiger partial charge in [0.25, 0.3) is 0 Å². The Balaban J connectivity index is 2.08. The van der Waals surface area contributed by atoms with Crippen LogP contribution in [0.4, 0.5) is 11.9 Å². The lowest BCUT2D eigenvalue weighted by atomic mass is 10.1. The average Bonchev–Trinajstić information content (AvgIpc) is 2.87. The molecule has 20 heavy (non-hydrogen) atoms. The Morgan fingerprint density at radius 1 is 1.25 bits per heavy atom. The van der Waals surface area contributed by atoms with Crippen LogP contribution in [0.1, 0.15) is 6.23 Å². The van der Waals surface area contributed by atoms with E-state index in [0.717, 1.165) is 0 Å². The highest BCUT2D eigenvalue weighted by Crippen LogP contribution is 2.33. The second-order valence-corrected chi connectivity index (χ2v) is 4.51. The molecule has 108 valence electrons. The molecule has 0 spiro atoms. The molecule has 1 fully saturated rings. The molecule has 0 radical (unpaired) electrons. The molecule has 3 heterocycles. The number of nitrogens with zero attached hydrogens (tertiary/aromatic N) is 4. The van der Waals surface area contributed by atoms with E-state index in [0.29, 0.717) is 5.52 Å². The topological polar surface area (TPSA) is 166 Å². The molecule has 3 rings (SSSR count). The number of anilines is 2. The summed E-state index contributed by atoms with van der Waals surface area (Å²) in [5, 5.41) is 28.9. The maximum atomic E-state index is 10.0. The van der Waals surface area contributed by atoms with Gasteiger partial charge in [-0.3, -0.25) is 4.57 Å². The number of nitrogen functional groups attached to an aromatic ring is 2. The number of hydrogen-bond acceptors (Lipinski definition) is 9. The maximum Gasteiger partial charge on any atom is 0.222 e. The van der Waals surface area contributed by atoms with Crippen LogP contribution in [0.2, 0.25) is 0 Å². The first-order chi connectivity index (χ1) is 9.52. The molecule has 0 bridgehead atoms. The van der Waals surface area contributed by atoms with Crippen LogP contribution < -0.4 is 11.5 Å². The molecule has 0 aromatic carbocycles. The lowest BCUT2D eigenvalue weighted by molar-refractivity contribution is -0.0498. The normalized spacial score (nSPS) is 30.1. The van der Waals surface area contributed by atoms with E-state index in [1.807, 2.05) is 0 Å². The number of aromatic nitrogens is 4. The Bertz CT molecular complexity index is 646. The second-order valence-electron chi connectivity index (χ2n) is 4.51. The van der Waals surface area contributed by atoms with Crippen LogP contribution in [0, 0.1) is 0 Å². The van der Waals surface area contributed by atoms with E-state index < -0.39 is 31.1 Å². The lowest BCUT2D eigenvalue weighted by Gasteiger charge is -2.18. The first-order valence-corrected chi connectivity index (χ1v) is 5.91. The zero-order chi connectivity index (χ0) is 14.4. The third kappa shape index (κ3) is 1.78. The predicted octanol–water partition coefficient (Wildman–Crippen LogP) is -2.40. The number of nitrogens with two attached hydrogens (primary N) is 2. The molecule has 1 aliphatic heterocycles. The SMILES string of the molecule is Nc1ncc2c(n1)nc(N)n2[C@@H]1O[C@H](CO)[C@@H](O)[C@H]1O. The van der Waals surface area contributed by atoms with Crippen LogP contribution in [0.25, 0.3) is 11.2 Å². The van der Waals surface area contributed by atoms with Crippen molar-refractivity contribution in [2.24, 2.45) is 0 Å². The van der Waals surface area contributed by atoms with Crippen molar-refractivity contribution < 1.29 is 20.1 Å². The van der Waals surface area contributed by atoms with Crippen LogP contribution in [-0.2, 0) is 4.74 Å². The summed E-state index contributed by atoms with van der Waals surface area (Å²) < 4.78 is 6.76. The summed E-state index contributed by atoms with van der Waals surface area (Å²) in [6, 6.07) is 0. The van der Waals surface area contributed by atoms with Crippen LogP contribution >= 0.6 is 0 Å². The maximum absolute atomic E-state index is 10.0. The highest BCUT2D eigenvalue weighted by Gasteiger charge is 2.44. The van der Waals surface area contributed by atoms with Crippen molar-refractivity contribution >= 4 is 23.1 Å². The van der Waals surface area contributed by atoms with Gasteiger partial charge in [-0.15, -0.1) is 0 Å². The van der Waals surface area contributed by atoms with Crippen LogP contribution in [-0.4, -0.2) is 59.8 Å². The van der Waals surface area contributed by atoms with Gasteiger partial charge >= 0.3 is 0 Å². The van der Waals surface area contributed by atoms with Crippen molar-refractivity contribution in [1.29, 1.82) is 0 Å². The Labute approximate surface area is 112 Å². The van der Waals surface area contributed by atoms with Gasteiger partial charge in [0.2, 0.25) is 11.9 Å². The van der Waals surface area contributed by atoms with E-state index in [2.05, 4.69) is 15.0 Å². The van der Waals surface area contributed by atoms with Crippen molar-refractivity contribution in [2.75, 3.05) is 18.1 Å². The average molecular weight is 282 g/mol. The summed E-state index contributed by atoms with van der Waals surface area (Å²) in [4.78, 5) is 11.8. The number of imidazole rings is 1. The largest absolute Gasteiger partial charge is 0.394 e. The summed E-state index contributed by atoms with van der Waals surface area (Å²) in [5.74, 6) is 0.0815. The molecule has 10 nitrogen and oxygen atoms in total. The molecule has 10 heteroatoms. The minimum absolute atomic E-state index is 0.0368. The van der Waals surface area contributed by atoms with Crippen molar-refractivity contribution in [3.63, 3.8) is 0 Å². The van der Waals surface area contributed by atoms with Gasteiger partial charge in [-0.05, 0) is 0 Å². The Morgan fingerprint density at radius 3 is 2.65 bits per heavy atom. The molecule has 0 amide bonds. The predicted molar refractivity (Wildman–Crippen MR) is 67.2 cm³/mol. The molecule has 0 saturated carbocycles. The number of hydrogen-bond donors (Lipinski definition) is 5. The Kier molecular flexibility index (Phi) is 2.94. The number of rotatable bonds is 2. The first-order valence-electron chi connectivity index (χ1n) is 5.91. The van der Waals surface area contributed by atoms with Gasteiger partial charge in [0.1, 0.15) is 23.8 Å². The summed E-state index contributed by atoms with van der Waals surface area (Å²) in [6.45, 7) is -0.426. The van der Waals surface area contributed by atoms with Crippen molar-refractivity contribution in [2.45, 2.75) is 24.5 Å². The van der Waals surface area contributed by atoms with E-state index in [-0.39, 0.29) is 17.5 Å². The van der Waals surface area contributed by atoms with Crippen LogP contribution in [0.3, 0.4) is 0 Å². The van der Waals surface area contributed by atoms with E-state index in [1.165, 1.54) is 10.8 Å². The second kappa shape index (κ2) is 4.52. The van der Waals surface area contributed by atoms with Crippen LogP contribution in [0.15, 0.2) is 6.20 Å². The Morgan fingerprint density at radius 2 is 2.00 bits per heavy atom. The van der Waals surface area contributed by atoms with Gasteiger partial charge in [0.05, 0.1) is 12.8 Å². The molecule has 2 aromatic rings. The smallest absolute Gasteiger partial charge is 0.222 e. The van der Waals surface area contributed by atoms with Gasteiger partial charge in [0, 0.05) is 0 Å². The third-order valence-electron chi connectivity index (χ3n) is 3.27. The zero-order valence-corrected chi connectivity index (χ0v) is 10.3. The van der Waals surface area contributed by atoms with Gasteiger partial charge in [-0.25, -0.2) is 4.98 Å². The van der Waals surface area contributed by atoms with E-state index in [1.54, 1.807) is 0 Å². The standard InChI is InChI=1S/C10H14N6O4/c11-9-13-1-3-7(14-9)15-10(12)16(3)8-6(19)5(18)4(2-17)20-8/h1,4-6,8,17-19H,2H2,(H4,11,12,13,14,15)/t4-,5-,6-,8-/m1/s1. The molecule has 1 saturated heterocycles. The lowest BCUT2D eigenvalue weighted by Crippen LogP contribution is -2.33. The summed E-state index contributed by atoms with van der Waals surface area (Å²) >= 11 is 0. The fourth-order valence-corrected chi connectivity index (χ4v) is 2.28. The quantitative estimate of drug-likeness (QED) is 0.403. The molecular formula is C10H14N6O4. The monoisotopic (exact) mass is 282 g/mol. The van der Waals surface area contributed by atoms with Gasteiger partial charge in [0.15, 0.2) is 11.9 Å². The van der Waals surface area contributed by atoms with Crippen LogP contribution in [0.5, 0.6) is 0 Å². The van der Waals surface area contributed by atoms with E-state index >= 15 is 0 Å². The number of ether oxygens (including phenoxy) is 1. The molecular weight excluding hydrogens is 268 g/mol. The van der Waals surface area contributed by atoms with Crippen molar-refractivity contribution in [3.8, 4) is 0 Å². The molecule has 0 unspecified atom stereocenters. The minimum Gasteiger partial charge on any atom is -0.394 e. The van der Waals surface area contributed by atoms with Gasteiger partial charge in [-0.2, -0.15) is 9.97 Å². The summed E-state index contributed by atoms with van der Waals surface area (Å²) in [7, 11) is 0. The molecule has 1 aliphatic rings. The highest BCUT2D eigenvalue weighted by atomic mass is 16.6. The third-order valence-corrected chi connectivity index (χ3v) is 3.27. The molecule has 7 N–H and O–H groups in total. The highest BCUT2D eigenvalue weighted by molar-refractivity contribution is 5.74. The van der Waals surface area contributed by atoms with Crippen molar-refractivity contribution in [1.82, 2.24) is 19.5 Å². The van der Waals surface area contributed by atoms with E-state index in [4.69, 9.17) is 21.3 Å². The Hall–Kier alpha value is -2.01. The zero-order valence-electron chi connectivity index (χ0n) is 10.3. The van der Waals surface area contributed by atoms with E-state index in [9.17, 15) is 10.2 Å². The minimum atomic E-state index is -1.26. The number of aliphatic hydroxyl groups is 3. The molecule has 0 aliphatic carbocycles. The fourth-order valence-electron chi connectivity index (χ4n) is 2.28. The number of fused-ring (bicyclic) bond motifs is 1.